The smallest absolute Gasteiger partial charge is 0.251 e. The van der Waals surface area contributed by atoms with Crippen molar-refractivity contribution < 1.29 is 28.2 Å². The first-order valence-electron chi connectivity index (χ1n) is 13.8. The van der Waals surface area contributed by atoms with Crippen molar-refractivity contribution in [2.24, 2.45) is 0 Å². The number of rotatable bonds is 8. The molecule has 2 aromatic heterocycles. The number of hydrogen-bond acceptors (Lipinski definition) is 7. The quantitative estimate of drug-likeness (QED) is 0.240. The van der Waals surface area contributed by atoms with Gasteiger partial charge in [-0.1, -0.05) is 23.9 Å². The van der Waals surface area contributed by atoms with Crippen LogP contribution in [0.5, 0.6) is 11.5 Å². The van der Waals surface area contributed by atoms with Gasteiger partial charge in [0.2, 0.25) is 11.8 Å². The van der Waals surface area contributed by atoms with Crippen LogP contribution in [0.2, 0.25) is 0 Å². The molecule has 1 saturated heterocycles. The van der Waals surface area contributed by atoms with Crippen LogP contribution in [0, 0.1) is 0 Å². The van der Waals surface area contributed by atoms with Crippen LogP contribution < -0.4 is 15.4 Å². The summed E-state index contributed by atoms with van der Waals surface area (Å²) in [5.41, 5.74) is 0.0232. The molecule has 2 aliphatic heterocycles. The predicted molar refractivity (Wildman–Crippen MR) is 158 cm³/mol. The number of fused-ring (bicyclic) bond motifs is 3. The molecule has 43 heavy (non-hydrogen) atoms. The number of pyridine rings is 1. The fourth-order valence-electron chi connectivity index (χ4n) is 5.44. The van der Waals surface area contributed by atoms with Crippen LogP contribution >= 0.6 is 11.8 Å². The van der Waals surface area contributed by atoms with Crippen molar-refractivity contribution in [3.05, 3.63) is 78.2 Å². The van der Waals surface area contributed by atoms with E-state index in [0.29, 0.717) is 17.1 Å². The van der Waals surface area contributed by atoms with Gasteiger partial charge < -0.3 is 30.0 Å². The lowest BCUT2D eigenvalue weighted by Crippen LogP contribution is -2.49. The molecule has 1 fully saturated rings. The first kappa shape index (κ1) is 28.7. The summed E-state index contributed by atoms with van der Waals surface area (Å²) in [4.78, 5) is 50.1. The summed E-state index contributed by atoms with van der Waals surface area (Å²) in [7, 11) is 1.37. The lowest BCUT2D eigenvalue weighted by molar-refractivity contribution is -0.138. The molecule has 2 aliphatic rings. The second kappa shape index (κ2) is 11.7. The van der Waals surface area contributed by atoms with Gasteiger partial charge in [0.25, 0.3) is 5.91 Å². The van der Waals surface area contributed by atoms with E-state index in [1.807, 2.05) is 36.4 Å². The van der Waals surface area contributed by atoms with E-state index in [-0.39, 0.29) is 19.6 Å². The number of likely N-dealkylation sites (tertiary alicyclic amines) is 1. The van der Waals surface area contributed by atoms with Crippen LogP contribution in [-0.4, -0.2) is 71.1 Å². The number of benzene rings is 2. The lowest BCUT2D eigenvalue weighted by atomic mass is 10.0. The molecule has 222 valence electrons. The van der Waals surface area contributed by atoms with Gasteiger partial charge in [-0.3, -0.25) is 19.4 Å². The van der Waals surface area contributed by atoms with E-state index < -0.39 is 42.0 Å². The number of carbonyl (C=O) groups is 3. The Bertz CT molecular complexity index is 1680. The topological polar surface area (TPSA) is 126 Å². The van der Waals surface area contributed by atoms with Crippen molar-refractivity contribution >= 4 is 40.4 Å². The molecule has 0 spiro atoms. The number of hydrogen-bond donors (Lipinski definition) is 3. The molecule has 0 aliphatic carbocycles. The Labute approximate surface area is 251 Å². The van der Waals surface area contributed by atoms with Crippen LogP contribution in [0.3, 0.4) is 0 Å². The summed E-state index contributed by atoms with van der Waals surface area (Å²) >= 11 is 1.54. The number of amides is 3. The fourth-order valence-corrected chi connectivity index (χ4v) is 6.37. The Kier molecular flexibility index (Phi) is 7.80. The second-order valence-corrected chi connectivity index (χ2v) is 11.8. The van der Waals surface area contributed by atoms with Gasteiger partial charge in [0.05, 0.1) is 35.5 Å². The number of aromatic amines is 1. The van der Waals surface area contributed by atoms with E-state index >= 15 is 4.39 Å². The number of carbonyl (C=O) groups excluding carboxylic acids is 3. The Morgan fingerprint density at radius 2 is 2.00 bits per heavy atom. The molecule has 3 N–H and O–H groups in total. The molecule has 12 heteroatoms. The third-order valence-electron chi connectivity index (χ3n) is 7.58. The van der Waals surface area contributed by atoms with Crippen LogP contribution in [0.1, 0.15) is 35.4 Å². The Balaban J connectivity index is 1.12. The highest BCUT2D eigenvalue weighted by atomic mass is 32.2. The van der Waals surface area contributed by atoms with Gasteiger partial charge >= 0.3 is 0 Å². The van der Waals surface area contributed by atoms with Crippen molar-refractivity contribution in [1.29, 1.82) is 0 Å². The molecule has 4 heterocycles. The predicted octanol–water partition coefficient (Wildman–Crippen LogP) is 4.38. The molecule has 0 saturated carbocycles. The van der Waals surface area contributed by atoms with Gasteiger partial charge in [0.1, 0.15) is 17.5 Å². The molecule has 4 aromatic rings. The molecule has 6 rings (SSSR count). The number of aromatic nitrogens is 2. The van der Waals surface area contributed by atoms with Crippen LogP contribution in [0.4, 0.5) is 4.39 Å². The highest BCUT2D eigenvalue weighted by molar-refractivity contribution is 7.99. The minimum atomic E-state index is -1.91. The number of nitrogens with zero attached hydrogens (tertiary/aromatic N) is 2. The molecular formula is C31H30FN5O5S. The Morgan fingerprint density at radius 1 is 1.19 bits per heavy atom. The van der Waals surface area contributed by atoms with Crippen molar-refractivity contribution in [2.45, 2.75) is 40.9 Å². The van der Waals surface area contributed by atoms with E-state index in [0.717, 1.165) is 26.4 Å². The summed E-state index contributed by atoms with van der Waals surface area (Å²) in [5, 5.41) is 6.40. The highest BCUT2D eigenvalue weighted by Crippen LogP contribution is 2.47. The van der Waals surface area contributed by atoms with Gasteiger partial charge in [-0.05, 0) is 49.4 Å². The van der Waals surface area contributed by atoms with Crippen LogP contribution in [0.25, 0.3) is 10.9 Å². The molecule has 0 unspecified atom stereocenters. The zero-order valence-electron chi connectivity index (χ0n) is 23.6. The maximum absolute atomic E-state index is 15.6. The fraction of sp³-hybridized carbons (Fsp3) is 0.290. The summed E-state index contributed by atoms with van der Waals surface area (Å²) in [6.45, 7) is 0.789. The number of alkyl halides is 1. The standard InChI is InChI=1S/C31H30FN5O5S/c1-18(22-11-20-14-33-10-9-21(20)36-22)35-30(40)23-13-31(32,17-41-2)16-37(23)28(38)15-34-29(39)19-7-8-27-25(12-19)42-24-5-3-4-6-26(24)43-27/h3-12,14,18,23,36H,13,15-17H2,1-2H3,(H,34,39)(H,35,40)/t18-,23+,31-/m1/s1. The monoisotopic (exact) mass is 603 g/mol. The van der Waals surface area contributed by atoms with E-state index in [1.165, 1.54) is 12.0 Å². The normalized spacial score (nSPS) is 19.7. The van der Waals surface area contributed by atoms with Gasteiger partial charge in [-0.2, -0.15) is 0 Å². The number of halogens is 1. The maximum Gasteiger partial charge on any atom is 0.251 e. The third-order valence-corrected chi connectivity index (χ3v) is 8.69. The van der Waals surface area contributed by atoms with E-state index in [2.05, 4.69) is 20.6 Å². The first-order chi connectivity index (χ1) is 20.7. The summed E-state index contributed by atoms with van der Waals surface area (Å²) in [6, 6.07) is 14.9. The molecule has 10 nitrogen and oxygen atoms in total. The summed E-state index contributed by atoms with van der Waals surface area (Å²) < 4.78 is 26.7. The van der Waals surface area contributed by atoms with E-state index in [9.17, 15) is 14.4 Å². The molecule has 3 atom stereocenters. The number of nitrogens with one attached hydrogen (secondary N) is 3. The van der Waals surface area contributed by atoms with Crippen LogP contribution in [-0.2, 0) is 14.3 Å². The summed E-state index contributed by atoms with van der Waals surface area (Å²) in [6.07, 6.45) is 3.16. The van der Waals surface area contributed by atoms with Crippen molar-refractivity contribution in [2.75, 3.05) is 26.8 Å². The third kappa shape index (κ3) is 5.93. The minimum Gasteiger partial charge on any atom is -0.455 e. The molecule has 2 aromatic carbocycles. The first-order valence-corrected chi connectivity index (χ1v) is 14.6. The second-order valence-electron chi connectivity index (χ2n) is 10.7. The van der Waals surface area contributed by atoms with E-state index in [4.69, 9.17) is 9.47 Å². The molecule has 0 bridgehead atoms. The largest absolute Gasteiger partial charge is 0.455 e. The molecular weight excluding hydrogens is 573 g/mol. The van der Waals surface area contributed by atoms with Gasteiger partial charge in [-0.15, -0.1) is 0 Å². The van der Waals surface area contributed by atoms with Crippen molar-refractivity contribution in [3.8, 4) is 11.5 Å². The van der Waals surface area contributed by atoms with Gasteiger partial charge in [0, 0.05) is 48.1 Å². The SMILES string of the molecule is COC[C@@]1(F)C[C@@H](C(=O)N[C@H](C)c2cc3cnccc3[nH]2)N(C(=O)CNC(=O)c2ccc3c(c2)Oc2ccccc2S3)C1. The molecule has 0 radical (unpaired) electrons. The average molecular weight is 604 g/mol. The van der Waals surface area contributed by atoms with Crippen LogP contribution in [0.15, 0.2) is 76.8 Å². The minimum absolute atomic E-state index is 0.225. The zero-order chi connectivity index (χ0) is 30.1. The Hall–Kier alpha value is -4.42. The highest BCUT2D eigenvalue weighted by Gasteiger charge is 2.49. The number of methoxy groups -OCH3 is 1. The van der Waals surface area contributed by atoms with Crippen molar-refractivity contribution in [1.82, 2.24) is 25.5 Å². The van der Waals surface area contributed by atoms with Crippen molar-refractivity contribution in [3.63, 3.8) is 0 Å². The maximum atomic E-state index is 15.6. The average Bonchev–Trinajstić information content (AvgIpc) is 3.60. The van der Waals surface area contributed by atoms with Gasteiger partial charge in [-0.25, -0.2) is 4.39 Å². The molecule has 3 amide bonds. The summed E-state index contributed by atoms with van der Waals surface area (Å²) in [5.74, 6) is -0.320. The van der Waals surface area contributed by atoms with Gasteiger partial charge in [0.15, 0.2) is 5.67 Å². The number of H-pyrrole nitrogens is 1. The van der Waals surface area contributed by atoms with E-state index in [1.54, 1.807) is 49.3 Å². The number of ether oxygens (including phenoxy) is 2. The Morgan fingerprint density at radius 3 is 2.81 bits per heavy atom. The zero-order valence-corrected chi connectivity index (χ0v) is 24.4. The number of para-hydroxylation sites is 1. The lowest BCUT2D eigenvalue weighted by Gasteiger charge is -2.25.